The second-order valence-electron chi connectivity index (χ2n) is 4.37. The molecule has 0 aliphatic carbocycles. The lowest BCUT2D eigenvalue weighted by Crippen LogP contribution is -2.13. The predicted molar refractivity (Wildman–Crippen MR) is 78.5 cm³/mol. The van der Waals surface area contributed by atoms with E-state index in [0.29, 0.717) is 5.39 Å². The van der Waals surface area contributed by atoms with Crippen LogP contribution in [0, 0.1) is 0 Å². The lowest BCUT2D eigenvalue weighted by Gasteiger charge is -2.06. The SMILES string of the molecule is NC(=O)OC/C=C(\F)CS(=O)(=O)c1cccc2cccnc12. The molecule has 2 N–H and O–H groups in total. The van der Waals surface area contributed by atoms with Crippen LogP contribution < -0.4 is 5.73 Å². The fourth-order valence-corrected chi connectivity index (χ4v) is 3.25. The molecule has 1 heterocycles. The van der Waals surface area contributed by atoms with Gasteiger partial charge in [0, 0.05) is 11.6 Å². The minimum Gasteiger partial charge on any atom is -0.445 e. The number of hydrogen-bond donors (Lipinski definition) is 1. The quantitative estimate of drug-likeness (QED) is 0.906. The average molecular weight is 324 g/mol. The third-order valence-corrected chi connectivity index (χ3v) is 4.44. The number of halogens is 1. The van der Waals surface area contributed by atoms with Gasteiger partial charge < -0.3 is 10.5 Å². The number of para-hydroxylation sites is 1. The van der Waals surface area contributed by atoms with Crippen LogP contribution in [-0.2, 0) is 14.6 Å². The number of carbonyl (C=O) groups is 1. The first-order chi connectivity index (χ1) is 10.4. The first kappa shape index (κ1) is 15.9. The van der Waals surface area contributed by atoms with Crippen LogP contribution in [-0.4, -0.2) is 31.9 Å². The van der Waals surface area contributed by atoms with Crippen molar-refractivity contribution in [1.29, 1.82) is 0 Å². The highest BCUT2D eigenvalue weighted by Crippen LogP contribution is 2.23. The number of ether oxygens (including phenoxy) is 1. The molecule has 8 heteroatoms. The summed E-state index contributed by atoms with van der Waals surface area (Å²) in [5.41, 5.74) is 5.00. The summed E-state index contributed by atoms with van der Waals surface area (Å²) in [5.74, 6) is -1.78. The summed E-state index contributed by atoms with van der Waals surface area (Å²) >= 11 is 0. The van der Waals surface area contributed by atoms with E-state index in [4.69, 9.17) is 5.73 Å². The van der Waals surface area contributed by atoms with Gasteiger partial charge in [0.05, 0.1) is 10.4 Å². The number of benzene rings is 1. The van der Waals surface area contributed by atoms with E-state index in [9.17, 15) is 17.6 Å². The molecule has 0 saturated heterocycles. The Balaban J connectivity index is 2.28. The number of sulfone groups is 1. The van der Waals surface area contributed by atoms with Crippen LogP contribution in [0.25, 0.3) is 10.9 Å². The molecule has 2 aromatic rings. The number of fused-ring (bicyclic) bond motifs is 1. The zero-order valence-electron chi connectivity index (χ0n) is 11.4. The van der Waals surface area contributed by atoms with Gasteiger partial charge in [-0.3, -0.25) is 4.98 Å². The molecule has 116 valence electrons. The number of amides is 1. The van der Waals surface area contributed by atoms with Gasteiger partial charge >= 0.3 is 6.09 Å². The smallest absolute Gasteiger partial charge is 0.404 e. The van der Waals surface area contributed by atoms with Gasteiger partial charge in [-0.2, -0.15) is 0 Å². The maximum atomic E-state index is 13.7. The van der Waals surface area contributed by atoms with Crippen LogP contribution in [0.1, 0.15) is 0 Å². The Morgan fingerprint density at radius 1 is 1.32 bits per heavy atom. The molecule has 1 amide bonds. The van der Waals surface area contributed by atoms with E-state index >= 15 is 0 Å². The Morgan fingerprint density at radius 3 is 2.77 bits per heavy atom. The summed E-state index contributed by atoms with van der Waals surface area (Å²) in [5, 5.41) is 0.644. The van der Waals surface area contributed by atoms with E-state index in [2.05, 4.69) is 9.72 Å². The van der Waals surface area contributed by atoms with Crippen molar-refractivity contribution in [3.05, 3.63) is 48.4 Å². The highest BCUT2D eigenvalue weighted by Gasteiger charge is 2.20. The fraction of sp³-hybridized carbons (Fsp3) is 0.143. The highest BCUT2D eigenvalue weighted by molar-refractivity contribution is 7.91. The van der Waals surface area contributed by atoms with Gasteiger partial charge in [0.1, 0.15) is 18.2 Å². The predicted octanol–water partition coefficient (Wildman–Crippen LogP) is 1.96. The summed E-state index contributed by atoms with van der Waals surface area (Å²) in [6.45, 7) is -0.426. The van der Waals surface area contributed by atoms with Gasteiger partial charge in [0.2, 0.25) is 0 Å². The first-order valence-corrected chi connectivity index (χ1v) is 7.88. The van der Waals surface area contributed by atoms with E-state index < -0.39 is 34.1 Å². The van der Waals surface area contributed by atoms with Crippen LogP contribution >= 0.6 is 0 Å². The number of nitrogens with two attached hydrogens (primary N) is 1. The van der Waals surface area contributed by atoms with E-state index in [-0.39, 0.29) is 10.4 Å². The van der Waals surface area contributed by atoms with Crippen molar-refractivity contribution < 1.29 is 22.3 Å². The van der Waals surface area contributed by atoms with E-state index in [1.54, 1.807) is 24.3 Å². The Kier molecular flexibility index (Phi) is 4.71. The second-order valence-corrected chi connectivity index (χ2v) is 6.33. The Labute approximate surface area is 126 Å². The molecule has 1 aromatic carbocycles. The van der Waals surface area contributed by atoms with Crippen molar-refractivity contribution >= 4 is 26.8 Å². The monoisotopic (exact) mass is 324 g/mol. The van der Waals surface area contributed by atoms with E-state index in [0.717, 1.165) is 6.08 Å². The Morgan fingerprint density at radius 2 is 2.05 bits per heavy atom. The summed E-state index contributed by atoms with van der Waals surface area (Å²) in [6.07, 6.45) is 1.25. The zero-order valence-corrected chi connectivity index (χ0v) is 12.2. The Hall–Kier alpha value is -2.48. The fourth-order valence-electron chi connectivity index (χ4n) is 1.86. The molecule has 0 unspecified atom stereocenters. The second kappa shape index (κ2) is 6.52. The molecule has 1 aromatic heterocycles. The van der Waals surface area contributed by atoms with Gasteiger partial charge in [-0.05, 0) is 18.2 Å². The molecule has 0 saturated carbocycles. The average Bonchev–Trinajstić information content (AvgIpc) is 2.45. The van der Waals surface area contributed by atoms with Crippen LogP contribution in [0.5, 0.6) is 0 Å². The molecule has 0 fully saturated rings. The lowest BCUT2D eigenvalue weighted by atomic mass is 10.2. The number of primary amides is 1. The molecule has 0 aliphatic heterocycles. The minimum absolute atomic E-state index is 0.0510. The molecular weight excluding hydrogens is 311 g/mol. The first-order valence-electron chi connectivity index (χ1n) is 6.23. The molecule has 0 bridgehead atoms. The molecule has 6 nitrogen and oxygen atoms in total. The molecule has 0 atom stereocenters. The molecule has 0 radical (unpaired) electrons. The summed E-state index contributed by atoms with van der Waals surface area (Å²) < 4.78 is 42.6. The topological polar surface area (TPSA) is 99.4 Å². The van der Waals surface area contributed by atoms with Crippen LogP contribution in [0.4, 0.5) is 9.18 Å². The third kappa shape index (κ3) is 3.79. The van der Waals surface area contributed by atoms with E-state index in [1.165, 1.54) is 12.3 Å². The number of hydrogen-bond acceptors (Lipinski definition) is 5. The number of aromatic nitrogens is 1. The van der Waals surface area contributed by atoms with Gasteiger partial charge in [-0.1, -0.05) is 18.2 Å². The minimum atomic E-state index is -3.91. The Bertz CT molecular complexity index is 828. The van der Waals surface area contributed by atoms with Gasteiger partial charge in [0.25, 0.3) is 0 Å². The zero-order chi connectivity index (χ0) is 16.2. The maximum Gasteiger partial charge on any atom is 0.404 e. The number of nitrogens with zero attached hydrogens (tertiary/aromatic N) is 1. The van der Waals surface area contributed by atoms with Crippen molar-refractivity contribution in [2.45, 2.75) is 4.90 Å². The van der Waals surface area contributed by atoms with Crippen LogP contribution in [0.15, 0.2) is 53.3 Å². The van der Waals surface area contributed by atoms with Crippen LogP contribution in [0.3, 0.4) is 0 Å². The van der Waals surface area contributed by atoms with Crippen molar-refractivity contribution in [3.63, 3.8) is 0 Å². The molecule has 22 heavy (non-hydrogen) atoms. The van der Waals surface area contributed by atoms with Crippen molar-refractivity contribution in [2.75, 3.05) is 12.4 Å². The summed E-state index contributed by atoms with van der Waals surface area (Å²) in [7, 11) is -3.91. The summed E-state index contributed by atoms with van der Waals surface area (Å²) in [6, 6.07) is 8.05. The number of carbonyl (C=O) groups excluding carboxylic acids is 1. The molecule has 0 aliphatic rings. The molecular formula is C14H13FN2O4S. The lowest BCUT2D eigenvalue weighted by molar-refractivity contribution is 0.169. The third-order valence-electron chi connectivity index (χ3n) is 2.79. The van der Waals surface area contributed by atoms with Gasteiger partial charge in [-0.25, -0.2) is 17.6 Å². The molecule has 2 rings (SSSR count). The maximum absolute atomic E-state index is 13.7. The standard InChI is InChI=1S/C14H13FN2O4S/c15-11(6-8-21-14(16)18)9-22(19,20)12-5-1-3-10-4-2-7-17-13(10)12/h1-7H,8-9H2,(H2,16,18)/b11-6-. The largest absolute Gasteiger partial charge is 0.445 e. The molecule has 0 spiro atoms. The number of rotatable bonds is 5. The van der Waals surface area contributed by atoms with Gasteiger partial charge in [0.15, 0.2) is 9.84 Å². The van der Waals surface area contributed by atoms with Gasteiger partial charge in [-0.15, -0.1) is 0 Å². The van der Waals surface area contributed by atoms with Crippen molar-refractivity contribution in [1.82, 2.24) is 4.98 Å². The van der Waals surface area contributed by atoms with Crippen molar-refractivity contribution in [2.24, 2.45) is 5.73 Å². The van der Waals surface area contributed by atoms with Crippen LogP contribution in [0.2, 0.25) is 0 Å². The highest BCUT2D eigenvalue weighted by atomic mass is 32.2. The normalized spacial score (nSPS) is 12.3. The van der Waals surface area contributed by atoms with Crippen molar-refractivity contribution in [3.8, 4) is 0 Å². The number of pyridine rings is 1. The summed E-state index contributed by atoms with van der Waals surface area (Å²) in [4.78, 5) is 14.3. The van der Waals surface area contributed by atoms with E-state index in [1.807, 2.05) is 0 Å².